The number of hydrogen-bond acceptors (Lipinski definition) is 5. The van der Waals surface area contributed by atoms with E-state index >= 15 is 0 Å². The van der Waals surface area contributed by atoms with Crippen molar-refractivity contribution in [2.75, 3.05) is 6.61 Å². The molecule has 0 aromatic carbocycles. The largest absolute Gasteiger partial charge is 0.367 e. The van der Waals surface area contributed by atoms with Crippen molar-refractivity contribution in [2.45, 2.75) is 63.0 Å². The first kappa shape index (κ1) is 12.1. The molecule has 0 spiro atoms. The second-order valence-electron chi connectivity index (χ2n) is 5.69. The van der Waals surface area contributed by atoms with Gasteiger partial charge >= 0.3 is 0 Å². The first-order valence-corrected chi connectivity index (χ1v) is 6.93. The molecule has 1 aliphatic heterocycles. The van der Waals surface area contributed by atoms with Crippen molar-refractivity contribution in [1.82, 2.24) is 10.1 Å². The molecule has 1 saturated heterocycles. The molecule has 3 atom stereocenters. The lowest BCUT2D eigenvalue weighted by Gasteiger charge is -2.30. The first-order valence-electron chi connectivity index (χ1n) is 6.93. The Morgan fingerprint density at radius 3 is 2.83 bits per heavy atom. The van der Waals surface area contributed by atoms with Gasteiger partial charge in [-0.3, -0.25) is 0 Å². The normalized spacial score (nSPS) is 37.0. The Bertz CT molecular complexity index is 412. The molecule has 5 nitrogen and oxygen atoms in total. The van der Waals surface area contributed by atoms with Crippen LogP contribution in [0.5, 0.6) is 0 Å². The van der Waals surface area contributed by atoms with Gasteiger partial charge in [0.2, 0.25) is 11.7 Å². The predicted octanol–water partition coefficient (Wildman–Crippen LogP) is 2.08. The summed E-state index contributed by atoms with van der Waals surface area (Å²) in [7, 11) is 0. The molecule has 1 saturated carbocycles. The molecule has 2 aliphatic rings. The SMILES string of the molecule is CC1(c2noc(C3CCCC3N)n2)CCCCO1. The van der Waals surface area contributed by atoms with Gasteiger partial charge in [-0.05, 0) is 39.0 Å². The summed E-state index contributed by atoms with van der Waals surface area (Å²) in [5.41, 5.74) is 5.70. The zero-order chi connectivity index (χ0) is 12.6. The van der Waals surface area contributed by atoms with Crippen molar-refractivity contribution in [3.05, 3.63) is 11.7 Å². The Kier molecular flexibility index (Phi) is 3.11. The summed E-state index contributed by atoms with van der Waals surface area (Å²) < 4.78 is 11.3. The van der Waals surface area contributed by atoms with E-state index in [0.29, 0.717) is 11.7 Å². The number of ether oxygens (including phenoxy) is 1. The van der Waals surface area contributed by atoms with Crippen LogP contribution in [0.3, 0.4) is 0 Å². The zero-order valence-electron chi connectivity index (χ0n) is 10.9. The number of aromatic nitrogens is 2. The van der Waals surface area contributed by atoms with Crippen molar-refractivity contribution >= 4 is 0 Å². The Labute approximate surface area is 107 Å². The van der Waals surface area contributed by atoms with Crippen LogP contribution in [0.15, 0.2) is 4.52 Å². The van der Waals surface area contributed by atoms with E-state index in [1.54, 1.807) is 0 Å². The van der Waals surface area contributed by atoms with E-state index in [1.807, 2.05) is 0 Å². The van der Waals surface area contributed by atoms with Crippen molar-refractivity contribution < 1.29 is 9.26 Å². The van der Waals surface area contributed by atoms with E-state index in [0.717, 1.165) is 45.1 Å². The highest BCUT2D eigenvalue weighted by Gasteiger charge is 2.37. The van der Waals surface area contributed by atoms with Crippen LogP contribution in [-0.4, -0.2) is 22.8 Å². The topological polar surface area (TPSA) is 74.2 Å². The van der Waals surface area contributed by atoms with Crippen LogP contribution >= 0.6 is 0 Å². The summed E-state index contributed by atoms with van der Waals surface area (Å²) in [5.74, 6) is 1.63. The maximum atomic E-state index is 6.07. The highest BCUT2D eigenvalue weighted by molar-refractivity contribution is 5.06. The van der Waals surface area contributed by atoms with Gasteiger partial charge in [-0.2, -0.15) is 4.98 Å². The average molecular weight is 251 g/mol. The number of nitrogens with zero attached hydrogens (tertiary/aromatic N) is 2. The third-order valence-corrected chi connectivity index (χ3v) is 4.27. The van der Waals surface area contributed by atoms with Crippen LogP contribution in [-0.2, 0) is 10.3 Å². The van der Waals surface area contributed by atoms with Crippen LogP contribution in [0.2, 0.25) is 0 Å². The van der Waals surface area contributed by atoms with Gasteiger partial charge < -0.3 is 15.0 Å². The molecule has 1 aromatic heterocycles. The molecule has 3 unspecified atom stereocenters. The lowest BCUT2D eigenvalue weighted by Crippen LogP contribution is -2.31. The summed E-state index contributed by atoms with van der Waals surface area (Å²) in [5, 5.41) is 4.12. The Hall–Kier alpha value is -0.940. The van der Waals surface area contributed by atoms with Crippen LogP contribution in [0, 0.1) is 0 Å². The van der Waals surface area contributed by atoms with E-state index < -0.39 is 0 Å². The van der Waals surface area contributed by atoms with Crippen molar-refractivity contribution in [1.29, 1.82) is 0 Å². The van der Waals surface area contributed by atoms with Crippen molar-refractivity contribution in [3.8, 4) is 0 Å². The molecule has 5 heteroatoms. The van der Waals surface area contributed by atoms with Gasteiger partial charge in [0.1, 0.15) is 5.60 Å². The lowest BCUT2D eigenvalue weighted by molar-refractivity contribution is -0.0770. The molecule has 100 valence electrons. The fourth-order valence-electron chi connectivity index (χ4n) is 3.01. The van der Waals surface area contributed by atoms with Crippen LogP contribution in [0.4, 0.5) is 0 Å². The highest BCUT2D eigenvalue weighted by atomic mass is 16.5. The number of rotatable bonds is 2. The molecule has 0 amide bonds. The summed E-state index contributed by atoms with van der Waals surface area (Å²) in [6.07, 6.45) is 6.49. The summed E-state index contributed by atoms with van der Waals surface area (Å²) in [6, 6.07) is 0.165. The molecule has 0 bridgehead atoms. The van der Waals surface area contributed by atoms with E-state index in [4.69, 9.17) is 15.0 Å². The zero-order valence-corrected chi connectivity index (χ0v) is 10.9. The minimum atomic E-state index is -0.372. The minimum absolute atomic E-state index is 0.165. The molecule has 18 heavy (non-hydrogen) atoms. The molecular weight excluding hydrogens is 230 g/mol. The first-order chi connectivity index (χ1) is 8.69. The van der Waals surface area contributed by atoms with Gasteiger partial charge in [-0.15, -0.1) is 0 Å². The Balaban J connectivity index is 1.80. The van der Waals surface area contributed by atoms with Gasteiger partial charge in [0.15, 0.2) is 0 Å². The van der Waals surface area contributed by atoms with E-state index in [2.05, 4.69) is 17.1 Å². The second kappa shape index (κ2) is 4.63. The van der Waals surface area contributed by atoms with Gasteiger partial charge in [0.25, 0.3) is 0 Å². The third-order valence-electron chi connectivity index (χ3n) is 4.27. The maximum absolute atomic E-state index is 6.07. The monoisotopic (exact) mass is 251 g/mol. The van der Waals surface area contributed by atoms with Crippen LogP contribution < -0.4 is 5.73 Å². The number of hydrogen-bond donors (Lipinski definition) is 1. The van der Waals surface area contributed by atoms with E-state index in [1.165, 1.54) is 0 Å². The molecular formula is C13H21N3O2. The molecule has 1 aromatic rings. The Morgan fingerprint density at radius 2 is 2.17 bits per heavy atom. The van der Waals surface area contributed by atoms with Crippen LogP contribution in [0.1, 0.15) is 63.1 Å². The molecule has 2 heterocycles. The van der Waals surface area contributed by atoms with Crippen LogP contribution in [0.25, 0.3) is 0 Å². The van der Waals surface area contributed by atoms with Gasteiger partial charge in [0.05, 0.1) is 5.92 Å². The third kappa shape index (κ3) is 2.06. The minimum Gasteiger partial charge on any atom is -0.367 e. The summed E-state index contributed by atoms with van der Waals surface area (Å²) >= 11 is 0. The summed E-state index contributed by atoms with van der Waals surface area (Å²) in [6.45, 7) is 2.83. The smallest absolute Gasteiger partial charge is 0.231 e. The van der Waals surface area contributed by atoms with Crippen molar-refractivity contribution in [2.24, 2.45) is 5.73 Å². The van der Waals surface area contributed by atoms with Gasteiger partial charge in [-0.25, -0.2) is 0 Å². The highest BCUT2D eigenvalue weighted by Crippen LogP contribution is 2.36. The number of nitrogens with two attached hydrogens (primary N) is 1. The fourth-order valence-corrected chi connectivity index (χ4v) is 3.01. The molecule has 3 rings (SSSR count). The molecule has 0 radical (unpaired) electrons. The van der Waals surface area contributed by atoms with Gasteiger partial charge in [-0.1, -0.05) is 11.6 Å². The fraction of sp³-hybridized carbons (Fsp3) is 0.846. The maximum Gasteiger partial charge on any atom is 0.231 e. The lowest BCUT2D eigenvalue weighted by atomic mass is 9.95. The van der Waals surface area contributed by atoms with E-state index in [9.17, 15) is 0 Å². The van der Waals surface area contributed by atoms with Crippen molar-refractivity contribution in [3.63, 3.8) is 0 Å². The summed E-state index contributed by atoms with van der Waals surface area (Å²) in [4.78, 5) is 4.56. The Morgan fingerprint density at radius 1 is 1.28 bits per heavy atom. The second-order valence-corrected chi connectivity index (χ2v) is 5.69. The van der Waals surface area contributed by atoms with E-state index in [-0.39, 0.29) is 17.6 Å². The van der Waals surface area contributed by atoms with Gasteiger partial charge in [0, 0.05) is 12.6 Å². The molecule has 2 N–H and O–H groups in total. The average Bonchev–Trinajstić information content (AvgIpc) is 2.98. The standard InChI is InChI=1S/C13H21N3O2/c1-13(7-2-3-8-17-13)12-15-11(18-16-12)9-5-4-6-10(9)14/h9-10H,2-8,14H2,1H3. The molecule has 2 fully saturated rings. The predicted molar refractivity (Wildman–Crippen MR) is 66.0 cm³/mol. The quantitative estimate of drug-likeness (QED) is 0.871. The molecule has 1 aliphatic carbocycles.